The molecule has 7 heteroatoms. The fourth-order valence-electron chi connectivity index (χ4n) is 1.75. The van der Waals surface area contributed by atoms with Crippen LogP contribution in [-0.2, 0) is 4.74 Å². The molecule has 6 nitrogen and oxygen atoms in total. The predicted octanol–water partition coefficient (Wildman–Crippen LogP) is 2.02. The van der Waals surface area contributed by atoms with Crippen LogP contribution in [0.15, 0.2) is 12.3 Å². The largest absolute Gasteiger partial charge is 0.733 e. The summed E-state index contributed by atoms with van der Waals surface area (Å²) in [5.74, 6) is 0. The van der Waals surface area contributed by atoms with E-state index in [1.807, 2.05) is 0 Å². The van der Waals surface area contributed by atoms with Gasteiger partial charge >= 0.3 is 0 Å². The Labute approximate surface area is 104 Å². The van der Waals surface area contributed by atoms with Crippen molar-refractivity contribution < 1.29 is 9.94 Å². The van der Waals surface area contributed by atoms with E-state index in [2.05, 4.69) is 10.3 Å². The molecular formula is C10H13ClN3O3-. The summed E-state index contributed by atoms with van der Waals surface area (Å²) < 4.78 is 5.24. The molecule has 94 valence electrons. The zero-order valence-electron chi connectivity index (χ0n) is 9.10. The van der Waals surface area contributed by atoms with Crippen molar-refractivity contribution in [1.82, 2.24) is 4.98 Å². The maximum atomic E-state index is 10.9. The number of nitrogens with zero attached hydrogens (tertiary/aromatic N) is 2. The Hall–Kier alpha value is -1.08. The molecule has 1 fully saturated rings. The number of hydrogen-bond donors (Lipinski definition) is 2. The topological polar surface area (TPSA) is 80.7 Å². The van der Waals surface area contributed by atoms with Crippen molar-refractivity contribution in [3.05, 3.63) is 22.6 Å². The summed E-state index contributed by atoms with van der Waals surface area (Å²) in [5.41, 5.74) is 0.537. The average Bonchev–Trinajstić information content (AvgIpc) is 2.30. The lowest BCUT2D eigenvalue weighted by Crippen LogP contribution is -2.28. The van der Waals surface area contributed by atoms with Crippen LogP contribution in [0.5, 0.6) is 0 Å². The fraction of sp³-hybridized carbons (Fsp3) is 0.500. The second-order valence-corrected chi connectivity index (χ2v) is 4.22. The molecule has 2 rings (SSSR count). The highest BCUT2D eigenvalue weighted by atomic mass is 35.5. The molecule has 0 saturated carbocycles. The Bertz CT molecular complexity index is 383. The van der Waals surface area contributed by atoms with Crippen LogP contribution in [0.2, 0.25) is 5.15 Å². The number of aromatic nitrogens is 1. The van der Waals surface area contributed by atoms with E-state index in [-0.39, 0.29) is 22.1 Å². The highest BCUT2D eigenvalue weighted by molar-refractivity contribution is 6.29. The van der Waals surface area contributed by atoms with Gasteiger partial charge < -0.3 is 20.5 Å². The second-order valence-electron chi connectivity index (χ2n) is 3.83. The molecule has 0 bridgehead atoms. The van der Waals surface area contributed by atoms with Gasteiger partial charge in [-0.25, -0.2) is 4.98 Å². The second kappa shape index (κ2) is 5.50. The Morgan fingerprint density at radius 2 is 2.24 bits per heavy atom. The van der Waals surface area contributed by atoms with Crippen LogP contribution in [0.25, 0.3) is 0 Å². The number of nitrogens with one attached hydrogen (secondary N) is 1. The number of halogens is 1. The summed E-state index contributed by atoms with van der Waals surface area (Å²) in [7, 11) is 0. The van der Waals surface area contributed by atoms with E-state index in [4.69, 9.17) is 21.5 Å². The third-order valence-electron chi connectivity index (χ3n) is 2.64. The average molecular weight is 259 g/mol. The first kappa shape index (κ1) is 12.4. The maximum absolute atomic E-state index is 10.9. The van der Waals surface area contributed by atoms with Crippen LogP contribution in [0.3, 0.4) is 0 Å². The molecule has 2 N–H and O–H groups in total. The van der Waals surface area contributed by atoms with E-state index < -0.39 is 0 Å². The number of pyridine rings is 1. The van der Waals surface area contributed by atoms with Gasteiger partial charge in [-0.3, -0.25) is 5.21 Å². The van der Waals surface area contributed by atoms with Crippen LogP contribution in [0.4, 0.5) is 11.4 Å². The molecule has 0 spiro atoms. The molecule has 1 aliphatic heterocycles. The third kappa shape index (κ3) is 3.19. The Kier molecular flexibility index (Phi) is 4.01. The molecule has 1 aromatic heterocycles. The van der Waals surface area contributed by atoms with Crippen molar-refractivity contribution in [3.8, 4) is 0 Å². The van der Waals surface area contributed by atoms with Gasteiger partial charge in [-0.15, -0.1) is 0 Å². The lowest BCUT2D eigenvalue weighted by molar-refractivity contribution is 0.0904. The smallest absolute Gasteiger partial charge is 0.131 e. The molecule has 0 aromatic carbocycles. The lowest BCUT2D eigenvalue weighted by Gasteiger charge is -2.29. The molecule has 17 heavy (non-hydrogen) atoms. The summed E-state index contributed by atoms with van der Waals surface area (Å²) in [6, 6.07) is 1.73. The van der Waals surface area contributed by atoms with E-state index in [1.54, 1.807) is 0 Å². The summed E-state index contributed by atoms with van der Waals surface area (Å²) in [4.78, 5) is 3.75. The zero-order valence-corrected chi connectivity index (χ0v) is 9.85. The monoisotopic (exact) mass is 258 g/mol. The standard InChI is InChI=1S/C10H13ClN3O3/c11-10-5-8(9(6-12-10)14(15)16)13-7-1-3-17-4-2-7/h5-7,15H,1-4H2,(H,12,13)/q-1. The molecule has 0 atom stereocenters. The van der Waals surface area contributed by atoms with Crippen molar-refractivity contribution in [3.63, 3.8) is 0 Å². The van der Waals surface area contributed by atoms with E-state index in [0.29, 0.717) is 18.9 Å². The van der Waals surface area contributed by atoms with E-state index in [9.17, 15) is 5.21 Å². The van der Waals surface area contributed by atoms with Crippen molar-refractivity contribution in [2.45, 2.75) is 18.9 Å². The summed E-state index contributed by atoms with van der Waals surface area (Å²) in [6.45, 7) is 1.37. The third-order valence-corrected chi connectivity index (χ3v) is 2.84. The van der Waals surface area contributed by atoms with E-state index in [1.165, 1.54) is 12.3 Å². The van der Waals surface area contributed by atoms with Gasteiger partial charge in [-0.2, -0.15) is 0 Å². The van der Waals surface area contributed by atoms with Gasteiger partial charge in [0.25, 0.3) is 0 Å². The summed E-state index contributed by atoms with van der Waals surface area (Å²) >= 11 is 5.76. The van der Waals surface area contributed by atoms with Crippen molar-refractivity contribution in [2.24, 2.45) is 0 Å². The minimum Gasteiger partial charge on any atom is -0.733 e. The maximum Gasteiger partial charge on any atom is 0.131 e. The molecular weight excluding hydrogens is 246 g/mol. The van der Waals surface area contributed by atoms with E-state index in [0.717, 1.165) is 12.8 Å². The molecule has 0 radical (unpaired) electrons. The van der Waals surface area contributed by atoms with Gasteiger partial charge in [-0.05, 0) is 12.8 Å². The number of hydrogen-bond acceptors (Lipinski definition) is 6. The molecule has 1 aliphatic rings. The normalized spacial score (nSPS) is 16.9. The molecule has 0 aliphatic carbocycles. The first-order chi connectivity index (χ1) is 8.16. The van der Waals surface area contributed by atoms with Crippen molar-refractivity contribution in [2.75, 3.05) is 23.8 Å². The predicted molar refractivity (Wildman–Crippen MR) is 64.3 cm³/mol. The quantitative estimate of drug-likeness (QED) is 0.638. The number of ether oxygens (including phenoxy) is 1. The minimum absolute atomic E-state index is 0.0564. The fourth-order valence-corrected chi connectivity index (χ4v) is 1.91. The van der Waals surface area contributed by atoms with Crippen LogP contribution < -0.4 is 10.5 Å². The summed E-state index contributed by atoms with van der Waals surface area (Å²) in [5, 5.41) is 23.1. The van der Waals surface area contributed by atoms with Gasteiger partial charge in [0.05, 0.1) is 17.6 Å². The van der Waals surface area contributed by atoms with Crippen molar-refractivity contribution in [1.29, 1.82) is 0 Å². The number of anilines is 2. The van der Waals surface area contributed by atoms with Crippen LogP contribution in [-0.4, -0.2) is 29.4 Å². The molecule has 0 amide bonds. The van der Waals surface area contributed by atoms with Gasteiger partial charge in [0.2, 0.25) is 0 Å². The molecule has 1 aromatic rings. The van der Waals surface area contributed by atoms with Crippen LogP contribution >= 0.6 is 11.6 Å². The lowest BCUT2D eigenvalue weighted by atomic mass is 10.1. The summed E-state index contributed by atoms with van der Waals surface area (Å²) in [6.07, 6.45) is 2.93. The highest BCUT2D eigenvalue weighted by Crippen LogP contribution is 2.28. The van der Waals surface area contributed by atoms with Gasteiger partial charge in [0.1, 0.15) is 5.15 Å². The Morgan fingerprint density at radius 3 is 2.88 bits per heavy atom. The first-order valence-corrected chi connectivity index (χ1v) is 5.70. The molecule has 0 unspecified atom stereocenters. The van der Waals surface area contributed by atoms with Crippen molar-refractivity contribution >= 4 is 23.0 Å². The Morgan fingerprint density at radius 1 is 1.53 bits per heavy atom. The SMILES string of the molecule is [O-]N(O)c1cnc(Cl)cc1NC1CCOCC1. The van der Waals surface area contributed by atoms with Gasteiger partial charge in [0, 0.05) is 25.3 Å². The zero-order chi connectivity index (χ0) is 12.3. The number of rotatable bonds is 3. The van der Waals surface area contributed by atoms with Crippen LogP contribution in [0, 0.1) is 5.21 Å². The van der Waals surface area contributed by atoms with Gasteiger partial charge in [-0.1, -0.05) is 11.6 Å². The minimum atomic E-state index is -0.217. The molecule has 1 saturated heterocycles. The highest BCUT2D eigenvalue weighted by Gasteiger charge is 2.15. The van der Waals surface area contributed by atoms with Crippen LogP contribution in [0.1, 0.15) is 12.8 Å². The Balaban J connectivity index is 2.14. The molecule has 2 heterocycles. The van der Waals surface area contributed by atoms with Gasteiger partial charge in [0.15, 0.2) is 0 Å². The first-order valence-electron chi connectivity index (χ1n) is 5.33. The van der Waals surface area contributed by atoms with E-state index >= 15 is 0 Å².